The summed E-state index contributed by atoms with van der Waals surface area (Å²) in [6.07, 6.45) is 1.20. The van der Waals surface area contributed by atoms with Gasteiger partial charge in [0.05, 0.1) is 5.41 Å². The third kappa shape index (κ3) is 2.50. The van der Waals surface area contributed by atoms with E-state index in [0.717, 1.165) is 0 Å². The summed E-state index contributed by atoms with van der Waals surface area (Å²) >= 11 is 5.70. The topological polar surface area (TPSA) is 57.6 Å². The molecule has 0 bridgehead atoms. The lowest BCUT2D eigenvalue weighted by Gasteiger charge is -2.61. The highest BCUT2D eigenvalue weighted by Crippen LogP contribution is 2.51. The monoisotopic (exact) mass is 319 g/mol. The summed E-state index contributed by atoms with van der Waals surface area (Å²) in [6.45, 7) is 12.2. The van der Waals surface area contributed by atoms with E-state index in [1.54, 1.807) is 11.5 Å². The molecule has 0 radical (unpaired) electrons. The van der Waals surface area contributed by atoms with Gasteiger partial charge in [-0.15, -0.1) is 11.6 Å². The van der Waals surface area contributed by atoms with Crippen molar-refractivity contribution >= 4 is 31.7 Å². The van der Waals surface area contributed by atoms with Crippen molar-refractivity contribution in [2.24, 2.45) is 5.41 Å². The first-order valence-corrected chi connectivity index (χ1v) is 10.5. The number of carboxylic acids is 1. The number of nitrogens with zero attached hydrogens (tertiary/aromatic N) is 1. The predicted octanol–water partition coefficient (Wildman–Crippen LogP) is 3.31. The molecule has 0 aromatic rings. The van der Waals surface area contributed by atoms with Crippen molar-refractivity contribution in [3.63, 3.8) is 0 Å². The molecule has 1 heterocycles. The zero-order valence-electron chi connectivity index (χ0n) is 13.3. The number of alkyl halides is 1. The van der Waals surface area contributed by atoms with E-state index < -0.39 is 25.7 Å². The number of aliphatic carboxylic acids is 1. The Hall–Kier alpha value is -0.553. The molecule has 1 saturated heterocycles. The lowest BCUT2D eigenvalue weighted by molar-refractivity contribution is -0.175. The fourth-order valence-electron chi connectivity index (χ4n) is 2.73. The lowest BCUT2D eigenvalue weighted by Crippen LogP contribution is -2.79. The molecule has 1 fully saturated rings. The minimum atomic E-state index is -2.17. The minimum Gasteiger partial charge on any atom is -0.480 e. The highest BCUT2D eigenvalue weighted by atomic mass is 35.5. The number of rotatable bonds is 5. The van der Waals surface area contributed by atoms with E-state index in [1.165, 1.54) is 0 Å². The number of amides is 1. The molecule has 0 aromatic carbocycles. The maximum Gasteiger partial charge on any atom is 0.326 e. The Bertz CT molecular complexity index is 419. The number of carbonyl (C=O) groups excluding carboxylic acids is 1. The molecule has 20 heavy (non-hydrogen) atoms. The van der Waals surface area contributed by atoms with Gasteiger partial charge in [-0.2, -0.15) is 0 Å². The molecule has 0 spiro atoms. The quantitative estimate of drug-likeness (QED) is 0.480. The van der Waals surface area contributed by atoms with E-state index in [1.807, 2.05) is 0 Å². The first-order valence-electron chi connectivity index (χ1n) is 7.04. The van der Waals surface area contributed by atoms with Gasteiger partial charge in [-0.25, -0.2) is 4.79 Å². The van der Waals surface area contributed by atoms with Crippen LogP contribution in [0.15, 0.2) is 0 Å². The van der Waals surface area contributed by atoms with Gasteiger partial charge >= 0.3 is 5.97 Å². The van der Waals surface area contributed by atoms with Crippen molar-refractivity contribution in [1.29, 1.82) is 0 Å². The highest BCUT2D eigenvalue weighted by Gasteiger charge is 2.66. The molecule has 6 heteroatoms. The fourth-order valence-corrected chi connectivity index (χ4v) is 5.39. The lowest BCUT2D eigenvalue weighted by atomic mass is 9.71. The second kappa shape index (κ2) is 5.33. The van der Waals surface area contributed by atoms with E-state index in [4.69, 9.17) is 11.6 Å². The molecule has 0 aromatic heterocycles. The van der Waals surface area contributed by atoms with Crippen LogP contribution in [0.1, 0.15) is 40.5 Å². The molecule has 4 nitrogen and oxygen atoms in total. The van der Waals surface area contributed by atoms with Crippen molar-refractivity contribution in [2.45, 2.75) is 64.7 Å². The molecule has 2 unspecified atom stereocenters. The van der Waals surface area contributed by atoms with Crippen LogP contribution in [-0.4, -0.2) is 41.7 Å². The van der Waals surface area contributed by atoms with Crippen LogP contribution in [0, 0.1) is 5.41 Å². The van der Waals surface area contributed by atoms with Gasteiger partial charge in [0.2, 0.25) is 5.91 Å². The number of β-lactam (4-membered cyclic amide) rings is 1. The zero-order chi connectivity index (χ0) is 15.9. The molecular formula is C14H26ClNO3Si. The Morgan fingerprint density at radius 1 is 1.45 bits per heavy atom. The summed E-state index contributed by atoms with van der Waals surface area (Å²) in [6, 6.07) is -0.709. The first-order chi connectivity index (χ1) is 8.91. The average molecular weight is 320 g/mol. The average Bonchev–Trinajstić information content (AvgIpc) is 2.29. The van der Waals surface area contributed by atoms with E-state index in [0.29, 0.717) is 18.7 Å². The standard InChI is InChI=1S/C14H26ClNO3Si/c1-13(2,3)20(5,6)16-10(11(17)18)14(4,12(16)19)8-7-9-15/h10H,7-9H2,1-6H3,(H,17,18). The van der Waals surface area contributed by atoms with Gasteiger partial charge in [0, 0.05) is 5.88 Å². The Labute approximate surface area is 127 Å². The number of halogens is 1. The Balaban J connectivity index is 3.13. The van der Waals surface area contributed by atoms with Gasteiger partial charge in [-0.05, 0) is 24.8 Å². The number of carboxylic acid groups (broad SMARTS) is 1. The van der Waals surface area contributed by atoms with Gasteiger partial charge in [0.25, 0.3) is 0 Å². The summed E-state index contributed by atoms with van der Waals surface area (Å²) in [7, 11) is -2.17. The molecule has 1 aliphatic rings. The highest BCUT2D eigenvalue weighted by molar-refractivity contribution is 6.80. The molecule has 0 saturated carbocycles. The molecule has 2 atom stereocenters. The molecule has 1 rings (SSSR count). The van der Waals surface area contributed by atoms with Crippen molar-refractivity contribution in [1.82, 2.24) is 4.57 Å². The molecule has 0 aliphatic carbocycles. The number of hydrogen-bond acceptors (Lipinski definition) is 2. The smallest absolute Gasteiger partial charge is 0.326 e. The van der Waals surface area contributed by atoms with Crippen molar-refractivity contribution in [2.75, 3.05) is 5.88 Å². The van der Waals surface area contributed by atoms with Crippen LogP contribution < -0.4 is 0 Å². The SMILES string of the molecule is CC1(CCCCl)C(=O)N([Si](C)(C)C(C)(C)C)C1C(=O)O. The van der Waals surface area contributed by atoms with Crippen LogP contribution in [0.3, 0.4) is 0 Å². The summed E-state index contributed by atoms with van der Waals surface area (Å²) < 4.78 is 1.68. The Morgan fingerprint density at radius 3 is 2.30 bits per heavy atom. The van der Waals surface area contributed by atoms with E-state index in [9.17, 15) is 14.7 Å². The molecular weight excluding hydrogens is 294 g/mol. The van der Waals surface area contributed by atoms with Crippen LogP contribution in [0.25, 0.3) is 0 Å². The molecule has 116 valence electrons. The van der Waals surface area contributed by atoms with Gasteiger partial charge in [-0.1, -0.05) is 33.9 Å². The third-order valence-electron chi connectivity index (χ3n) is 5.07. The number of carbonyl (C=O) groups is 2. The maximum atomic E-state index is 12.7. The van der Waals surface area contributed by atoms with Crippen LogP contribution >= 0.6 is 11.6 Å². The summed E-state index contributed by atoms with van der Waals surface area (Å²) in [4.78, 5) is 24.3. The summed E-state index contributed by atoms with van der Waals surface area (Å²) in [5, 5.41) is 9.52. The minimum absolute atomic E-state index is 0.0124. The van der Waals surface area contributed by atoms with E-state index in [-0.39, 0.29) is 10.9 Å². The molecule has 1 N–H and O–H groups in total. The van der Waals surface area contributed by atoms with Crippen LogP contribution in [0.5, 0.6) is 0 Å². The predicted molar refractivity (Wildman–Crippen MR) is 83.5 cm³/mol. The van der Waals surface area contributed by atoms with Crippen LogP contribution in [-0.2, 0) is 9.59 Å². The van der Waals surface area contributed by atoms with Crippen LogP contribution in [0.4, 0.5) is 0 Å². The second-order valence-corrected chi connectivity index (χ2v) is 12.9. The first kappa shape index (κ1) is 17.5. The molecule has 1 amide bonds. The summed E-state index contributed by atoms with van der Waals surface area (Å²) in [5.74, 6) is -0.455. The largest absolute Gasteiger partial charge is 0.480 e. The van der Waals surface area contributed by atoms with E-state index in [2.05, 4.69) is 33.9 Å². The van der Waals surface area contributed by atoms with E-state index >= 15 is 0 Å². The van der Waals surface area contributed by atoms with Crippen molar-refractivity contribution in [3.05, 3.63) is 0 Å². The van der Waals surface area contributed by atoms with Gasteiger partial charge in [0.1, 0.15) is 6.04 Å². The number of hydrogen-bond donors (Lipinski definition) is 1. The summed E-state index contributed by atoms with van der Waals surface area (Å²) in [5.41, 5.74) is -0.795. The molecule has 1 aliphatic heterocycles. The van der Waals surface area contributed by atoms with Crippen LogP contribution in [0.2, 0.25) is 18.1 Å². The van der Waals surface area contributed by atoms with Gasteiger partial charge in [0.15, 0.2) is 8.24 Å². The van der Waals surface area contributed by atoms with Gasteiger partial charge in [-0.3, -0.25) is 4.79 Å². The third-order valence-corrected chi connectivity index (χ3v) is 10.7. The second-order valence-electron chi connectivity index (χ2n) is 7.43. The normalized spacial score (nSPS) is 27.4. The van der Waals surface area contributed by atoms with Crippen molar-refractivity contribution in [3.8, 4) is 0 Å². The van der Waals surface area contributed by atoms with Gasteiger partial charge < -0.3 is 9.67 Å². The Kier molecular flexibility index (Phi) is 4.67. The Morgan fingerprint density at radius 2 is 1.95 bits per heavy atom. The fraction of sp³-hybridized carbons (Fsp3) is 0.857. The van der Waals surface area contributed by atoms with Crippen molar-refractivity contribution < 1.29 is 14.7 Å². The zero-order valence-corrected chi connectivity index (χ0v) is 15.0. The maximum absolute atomic E-state index is 12.7.